The van der Waals surface area contributed by atoms with E-state index in [0.717, 1.165) is 24.3 Å². The molecular formula is C11H18N2O. The standard InChI is InChI=1S/C11H18N2O/c1-5-13(6-2)11(14)10-7-9(3)8-12(10)4/h7-8H,5-6H2,1-4H3. The van der Waals surface area contributed by atoms with Crippen LogP contribution in [0.5, 0.6) is 0 Å². The Kier molecular flexibility index (Phi) is 3.33. The van der Waals surface area contributed by atoms with Crippen LogP contribution in [0.1, 0.15) is 29.9 Å². The summed E-state index contributed by atoms with van der Waals surface area (Å²) >= 11 is 0. The van der Waals surface area contributed by atoms with Gasteiger partial charge in [0.2, 0.25) is 0 Å². The zero-order valence-corrected chi connectivity index (χ0v) is 9.37. The molecule has 1 rings (SSSR count). The van der Waals surface area contributed by atoms with E-state index in [2.05, 4.69) is 0 Å². The SMILES string of the molecule is CCN(CC)C(=O)c1cc(C)cn1C. The number of amides is 1. The van der Waals surface area contributed by atoms with Gasteiger partial charge in [-0.25, -0.2) is 0 Å². The Morgan fingerprint density at radius 2 is 2.00 bits per heavy atom. The van der Waals surface area contributed by atoms with E-state index in [1.807, 2.05) is 49.5 Å². The first kappa shape index (κ1) is 10.8. The molecule has 0 aliphatic carbocycles. The second kappa shape index (κ2) is 4.31. The molecule has 0 radical (unpaired) electrons. The monoisotopic (exact) mass is 194 g/mol. The smallest absolute Gasteiger partial charge is 0.270 e. The summed E-state index contributed by atoms with van der Waals surface area (Å²) in [5, 5.41) is 0. The Morgan fingerprint density at radius 1 is 1.43 bits per heavy atom. The lowest BCUT2D eigenvalue weighted by molar-refractivity contribution is 0.0763. The maximum atomic E-state index is 11.9. The van der Waals surface area contributed by atoms with Crippen LogP contribution in [0.15, 0.2) is 12.3 Å². The minimum atomic E-state index is 0.116. The van der Waals surface area contributed by atoms with Crippen molar-refractivity contribution in [1.82, 2.24) is 9.47 Å². The van der Waals surface area contributed by atoms with Crippen LogP contribution in [0.3, 0.4) is 0 Å². The van der Waals surface area contributed by atoms with Gasteiger partial charge in [0.05, 0.1) is 0 Å². The van der Waals surface area contributed by atoms with Crippen LogP contribution >= 0.6 is 0 Å². The number of hydrogen-bond donors (Lipinski definition) is 0. The minimum Gasteiger partial charge on any atom is -0.346 e. The number of aromatic nitrogens is 1. The molecule has 0 fully saturated rings. The highest BCUT2D eigenvalue weighted by atomic mass is 16.2. The number of carbonyl (C=O) groups is 1. The normalized spacial score (nSPS) is 10.3. The van der Waals surface area contributed by atoms with E-state index in [-0.39, 0.29) is 5.91 Å². The van der Waals surface area contributed by atoms with Crippen LogP contribution in [0.4, 0.5) is 0 Å². The Balaban J connectivity index is 2.93. The average molecular weight is 194 g/mol. The fraction of sp³-hybridized carbons (Fsp3) is 0.545. The van der Waals surface area contributed by atoms with E-state index in [9.17, 15) is 4.79 Å². The van der Waals surface area contributed by atoms with Crippen molar-refractivity contribution in [2.45, 2.75) is 20.8 Å². The molecule has 0 bridgehead atoms. The summed E-state index contributed by atoms with van der Waals surface area (Å²) in [5.41, 5.74) is 1.90. The number of carbonyl (C=O) groups excluding carboxylic acids is 1. The van der Waals surface area contributed by atoms with Gasteiger partial charge in [-0.15, -0.1) is 0 Å². The largest absolute Gasteiger partial charge is 0.346 e. The Bertz CT molecular complexity index is 324. The predicted octanol–water partition coefficient (Wildman–Crippen LogP) is 1.82. The van der Waals surface area contributed by atoms with Crippen LogP contribution < -0.4 is 0 Å². The van der Waals surface area contributed by atoms with Gasteiger partial charge in [0, 0.05) is 26.3 Å². The zero-order valence-electron chi connectivity index (χ0n) is 9.37. The van der Waals surface area contributed by atoms with E-state index < -0.39 is 0 Å². The van der Waals surface area contributed by atoms with Crippen LogP contribution in [-0.2, 0) is 7.05 Å². The quantitative estimate of drug-likeness (QED) is 0.720. The second-order valence-corrected chi connectivity index (χ2v) is 3.49. The average Bonchev–Trinajstić information content (AvgIpc) is 2.47. The van der Waals surface area contributed by atoms with Gasteiger partial charge >= 0.3 is 0 Å². The van der Waals surface area contributed by atoms with Crippen LogP contribution in [0.2, 0.25) is 0 Å². The third-order valence-electron chi connectivity index (χ3n) is 2.41. The summed E-state index contributed by atoms with van der Waals surface area (Å²) in [5.74, 6) is 0.116. The predicted molar refractivity (Wildman–Crippen MR) is 57.4 cm³/mol. The molecule has 0 aliphatic heterocycles. The van der Waals surface area contributed by atoms with E-state index in [1.54, 1.807) is 0 Å². The molecule has 0 saturated carbocycles. The highest BCUT2D eigenvalue weighted by molar-refractivity contribution is 5.93. The van der Waals surface area contributed by atoms with Gasteiger partial charge in [0.1, 0.15) is 5.69 Å². The van der Waals surface area contributed by atoms with E-state index in [0.29, 0.717) is 0 Å². The van der Waals surface area contributed by atoms with Gasteiger partial charge in [0.25, 0.3) is 5.91 Å². The maximum absolute atomic E-state index is 11.9. The van der Waals surface area contributed by atoms with Crippen molar-refractivity contribution in [2.75, 3.05) is 13.1 Å². The molecule has 0 aliphatic rings. The molecule has 0 aromatic carbocycles. The lowest BCUT2D eigenvalue weighted by Crippen LogP contribution is -2.31. The summed E-state index contributed by atoms with van der Waals surface area (Å²) in [7, 11) is 1.91. The molecular weight excluding hydrogens is 176 g/mol. The molecule has 1 amide bonds. The summed E-state index contributed by atoms with van der Waals surface area (Å²) in [6.07, 6.45) is 1.97. The third-order valence-corrected chi connectivity index (χ3v) is 2.41. The molecule has 78 valence electrons. The van der Waals surface area contributed by atoms with Gasteiger partial charge in [-0.3, -0.25) is 4.79 Å². The molecule has 1 aromatic rings. The molecule has 0 atom stereocenters. The lowest BCUT2D eigenvalue weighted by Gasteiger charge is -2.18. The topological polar surface area (TPSA) is 25.2 Å². The van der Waals surface area contributed by atoms with Crippen molar-refractivity contribution in [1.29, 1.82) is 0 Å². The van der Waals surface area contributed by atoms with Gasteiger partial charge in [-0.2, -0.15) is 0 Å². The molecule has 3 nitrogen and oxygen atoms in total. The summed E-state index contributed by atoms with van der Waals surface area (Å²) < 4.78 is 1.88. The molecule has 0 spiro atoms. The summed E-state index contributed by atoms with van der Waals surface area (Å²) in [6, 6.07) is 1.93. The Morgan fingerprint density at radius 3 is 2.36 bits per heavy atom. The summed E-state index contributed by atoms with van der Waals surface area (Å²) in [6.45, 7) is 7.52. The first-order chi connectivity index (χ1) is 6.60. The van der Waals surface area contributed by atoms with E-state index in [4.69, 9.17) is 0 Å². The van der Waals surface area contributed by atoms with Gasteiger partial charge in [-0.1, -0.05) is 0 Å². The van der Waals surface area contributed by atoms with Crippen molar-refractivity contribution in [2.24, 2.45) is 7.05 Å². The molecule has 0 N–H and O–H groups in total. The highest BCUT2D eigenvalue weighted by Crippen LogP contribution is 2.08. The van der Waals surface area contributed by atoms with Gasteiger partial charge in [-0.05, 0) is 32.4 Å². The van der Waals surface area contributed by atoms with Gasteiger partial charge in [0.15, 0.2) is 0 Å². The zero-order chi connectivity index (χ0) is 10.7. The van der Waals surface area contributed by atoms with Crippen molar-refractivity contribution in [3.63, 3.8) is 0 Å². The first-order valence-electron chi connectivity index (χ1n) is 5.02. The van der Waals surface area contributed by atoms with Crippen molar-refractivity contribution >= 4 is 5.91 Å². The molecule has 1 heterocycles. The van der Waals surface area contributed by atoms with Crippen molar-refractivity contribution in [3.05, 3.63) is 23.5 Å². The van der Waals surface area contributed by atoms with Crippen LogP contribution in [0.25, 0.3) is 0 Å². The van der Waals surface area contributed by atoms with Crippen molar-refractivity contribution in [3.8, 4) is 0 Å². The fourth-order valence-corrected chi connectivity index (χ4v) is 1.62. The number of hydrogen-bond acceptors (Lipinski definition) is 1. The minimum absolute atomic E-state index is 0.116. The third kappa shape index (κ3) is 1.97. The number of nitrogens with zero attached hydrogens (tertiary/aromatic N) is 2. The number of rotatable bonds is 3. The van der Waals surface area contributed by atoms with Gasteiger partial charge < -0.3 is 9.47 Å². The fourth-order valence-electron chi connectivity index (χ4n) is 1.62. The molecule has 1 aromatic heterocycles. The van der Waals surface area contributed by atoms with E-state index in [1.165, 1.54) is 0 Å². The lowest BCUT2D eigenvalue weighted by atomic mass is 10.3. The van der Waals surface area contributed by atoms with Crippen LogP contribution in [-0.4, -0.2) is 28.5 Å². The van der Waals surface area contributed by atoms with Crippen LogP contribution in [0, 0.1) is 6.92 Å². The molecule has 0 saturated heterocycles. The maximum Gasteiger partial charge on any atom is 0.270 e. The molecule has 14 heavy (non-hydrogen) atoms. The molecule has 3 heteroatoms. The van der Waals surface area contributed by atoms with E-state index >= 15 is 0 Å². The van der Waals surface area contributed by atoms with Crippen molar-refractivity contribution < 1.29 is 4.79 Å². The second-order valence-electron chi connectivity index (χ2n) is 3.49. The first-order valence-corrected chi connectivity index (χ1v) is 5.02. The summed E-state index contributed by atoms with van der Waals surface area (Å²) in [4.78, 5) is 13.8. The molecule has 0 unspecified atom stereocenters. The number of aryl methyl sites for hydroxylation is 2. The Hall–Kier alpha value is -1.25. The Labute approximate surface area is 85.3 Å². The highest BCUT2D eigenvalue weighted by Gasteiger charge is 2.15.